The van der Waals surface area contributed by atoms with Crippen molar-refractivity contribution in [2.24, 2.45) is 0 Å². The molecule has 0 saturated heterocycles. The van der Waals surface area contributed by atoms with Crippen LogP contribution < -0.4 is 5.32 Å². The number of aromatic nitrogens is 1. The maximum atomic E-state index is 12.8. The van der Waals surface area contributed by atoms with E-state index in [1.807, 2.05) is 44.2 Å². The topological polar surface area (TPSA) is 75.4 Å². The summed E-state index contributed by atoms with van der Waals surface area (Å²) >= 11 is 0. The van der Waals surface area contributed by atoms with Crippen molar-refractivity contribution in [3.63, 3.8) is 0 Å². The largest absolute Gasteiger partial charge is 0.431 e. The summed E-state index contributed by atoms with van der Waals surface area (Å²) in [5.74, 6) is 0.133. The van der Waals surface area contributed by atoms with Crippen molar-refractivity contribution in [1.29, 1.82) is 0 Å². The molecule has 1 aromatic heterocycles. The lowest BCUT2D eigenvalue weighted by molar-refractivity contribution is -0.121. The number of rotatable bonds is 8. The number of aryl methyl sites for hydroxylation is 1. The predicted molar refractivity (Wildman–Crippen MR) is 96.2 cm³/mol. The molecular weight excluding hydrogens is 318 g/mol. The minimum absolute atomic E-state index is 0.0213. The van der Waals surface area contributed by atoms with Gasteiger partial charge in [-0.3, -0.25) is 9.59 Å². The summed E-state index contributed by atoms with van der Waals surface area (Å²) in [4.78, 5) is 30.7. The number of nitrogens with one attached hydrogen (secondary N) is 1. The van der Waals surface area contributed by atoms with Crippen LogP contribution in [0, 0.1) is 6.92 Å². The Balaban J connectivity index is 2.18. The van der Waals surface area contributed by atoms with Gasteiger partial charge in [0, 0.05) is 18.7 Å². The van der Waals surface area contributed by atoms with Crippen LogP contribution in [0.15, 0.2) is 34.7 Å². The van der Waals surface area contributed by atoms with Gasteiger partial charge < -0.3 is 14.6 Å². The first-order valence-electron chi connectivity index (χ1n) is 8.65. The zero-order chi connectivity index (χ0) is 18.2. The molecule has 0 aliphatic heterocycles. The van der Waals surface area contributed by atoms with Gasteiger partial charge in [-0.1, -0.05) is 32.0 Å². The minimum atomic E-state index is -0.305. The number of benzene rings is 1. The van der Waals surface area contributed by atoms with E-state index in [-0.39, 0.29) is 24.1 Å². The van der Waals surface area contributed by atoms with Gasteiger partial charge in [-0.05, 0) is 31.9 Å². The Labute approximate surface area is 148 Å². The van der Waals surface area contributed by atoms with Gasteiger partial charge in [-0.15, -0.1) is 0 Å². The van der Waals surface area contributed by atoms with Crippen molar-refractivity contribution < 1.29 is 14.0 Å². The molecule has 6 heteroatoms. The molecule has 0 radical (unpaired) electrons. The SMILES string of the molecule is CCCNC(=O)CN(CCC)C(=O)c1oc(-c2ccccc2)nc1C. The van der Waals surface area contributed by atoms with Crippen LogP contribution in [0.5, 0.6) is 0 Å². The highest BCUT2D eigenvalue weighted by Gasteiger charge is 2.24. The average Bonchev–Trinajstić information content (AvgIpc) is 3.01. The summed E-state index contributed by atoms with van der Waals surface area (Å²) < 4.78 is 5.72. The third-order valence-corrected chi connectivity index (χ3v) is 3.70. The van der Waals surface area contributed by atoms with Gasteiger partial charge in [0.2, 0.25) is 17.6 Å². The normalized spacial score (nSPS) is 10.5. The molecule has 1 aromatic carbocycles. The lowest BCUT2D eigenvalue weighted by Gasteiger charge is -2.20. The van der Waals surface area contributed by atoms with Crippen LogP contribution >= 0.6 is 0 Å². The summed E-state index contributed by atoms with van der Waals surface area (Å²) in [5, 5.41) is 2.79. The summed E-state index contributed by atoms with van der Waals surface area (Å²) in [5.41, 5.74) is 1.34. The molecule has 0 atom stereocenters. The monoisotopic (exact) mass is 343 g/mol. The fraction of sp³-hybridized carbons (Fsp3) is 0.421. The molecule has 2 rings (SSSR count). The maximum absolute atomic E-state index is 12.8. The summed E-state index contributed by atoms with van der Waals surface area (Å²) in [6, 6.07) is 9.43. The third kappa shape index (κ3) is 4.92. The lowest BCUT2D eigenvalue weighted by Crippen LogP contribution is -2.41. The molecular formula is C19H25N3O3. The third-order valence-electron chi connectivity index (χ3n) is 3.70. The van der Waals surface area contributed by atoms with Crippen LogP contribution in [0.2, 0.25) is 0 Å². The number of carbonyl (C=O) groups excluding carboxylic acids is 2. The molecule has 2 aromatic rings. The smallest absolute Gasteiger partial charge is 0.292 e. The molecule has 134 valence electrons. The standard InChI is InChI=1S/C19H25N3O3/c1-4-11-20-16(23)13-22(12-5-2)19(24)17-14(3)21-18(25-17)15-9-7-6-8-10-15/h6-10H,4-5,11-13H2,1-3H3,(H,20,23). The van der Waals surface area contributed by atoms with Gasteiger partial charge in [0.25, 0.3) is 5.91 Å². The lowest BCUT2D eigenvalue weighted by atomic mass is 10.2. The van der Waals surface area contributed by atoms with E-state index < -0.39 is 0 Å². The second-order valence-electron chi connectivity index (χ2n) is 5.88. The van der Waals surface area contributed by atoms with Crippen molar-refractivity contribution in [3.8, 4) is 11.5 Å². The average molecular weight is 343 g/mol. The zero-order valence-electron chi connectivity index (χ0n) is 15.0. The maximum Gasteiger partial charge on any atom is 0.292 e. The van der Waals surface area contributed by atoms with Crippen LogP contribution in [0.3, 0.4) is 0 Å². The van der Waals surface area contributed by atoms with Crippen molar-refractivity contribution in [2.45, 2.75) is 33.6 Å². The number of hydrogen-bond acceptors (Lipinski definition) is 4. The summed E-state index contributed by atoms with van der Waals surface area (Å²) in [6.45, 7) is 6.80. The number of carbonyl (C=O) groups is 2. The van der Waals surface area contributed by atoms with Crippen LogP contribution in [-0.4, -0.2) is 41.3 Å². The number of oxazole rings is 1. The molecule has 0 aliphatic carbocycles. The number of amides is 2. The summed E-state index contributed by atoms with van der Waals surface area (Å²) in [7, 11) is 0. The molecule has 0 unspecified atom stereocenters. The highest BCUT2D eigenvalue weighted by atomic mass is 16.4. The molecule has 0 saturated carbocycles. The van der Waals surface area contributed by atoms with Crippen LogP contribution in [0.25, 0.3) is 11.5 Å². The second-order valence-corrected chi connectivity index (χ2v) is 5.88. The van der Waals surface area contributed by atoms with Crippen LogP contribution in [0.4, 0.5) is 0 Å². The van der Waals surface area contributed by atoms with Gasteiger partial charge in [-0.2, -0.15) is 0 Å². The van der Waals surface area contributed by atoms with Crippen LogP contribution in [-0.2, 0) is 4.79 Å². The fourth-order valence-electron chi connectivity index (χ4n) is 2.46. The number of hydrogen-bond donors (Lipinski definition) is 1. The van der Waals surface area contributed by atoms with E-state index in [1.165, 1.54) is 4.90 Å². The second kappa shape index (κ2) is 9.01. The molecule has 0 aliphatic rings. The fourth-order valence-corrected chi connectivity index (χ4v) is 2.46. The Hall–Kier alpha value is -2.63. The number of nitrogens with zero attached hydrogens (tertiary/aromatic N) is 2. The Kier molecular flexibility index (Phi) is 6.74. The Morgan fingerprint density at radius 2 is 1.88 bits per heavy atom. The predicted octanol–water partition coefficient (Wildman–Crippen LogP) is 3.03. The van der Waals surface area contributed by atoms with E-state index in [2.05, 4.69) is 10.3 Å². The van der Waals surface area contributed by atoms with E-state index in [0.29, 0.717) is 24.7 Å². The van der Waals surface area contributed by atoms with Gasteiger partial charge in [0.1, 0.15) is 0 Å². The van der Waals surface area contributed by atoms with Crippen molar-refractivity contribution in [2.75, 3.05) is 19.6 Å². The molecule has 6 nitrogen and oxygen atoms in total. The highest BCUT2D eigenvalue weighted by molar-refractivity contribution is 5.95. The molecule has 0 spiro atoms. The van der Waals surface area contributed by atoms with Crippen molar-refractivity contribution >= 4 is 11.8 Å². The van der Waals surface area contributed by atoms with Crippen molar-refractivity contribution in [3.05, 3.63) is 41.8 Å². The Morgan fingerprint density at radius 3 is 2.52 bits per heavy atom. The van der Waals surface area contributed by atoms with Gasteiger partial charge in [-0.25, -0.2) is 4.98 Å². The molecule has 0 fully saturated rings. The quantitative estimate of drug-likeness (QED) is 0.799. The van der Waals surface area contributed by atoms with E-state index >= 15 is 0 Å². The van der Waals surface area contributed by atoms with Gasteiger partial charge in [0.05, 0.1) is 12.2 Å². The van der Waals surface area contributed by atoms with E-state index in [1.54, 1.807) is 6.92 Å². The van der Waals surface area contributed by atoms with Gasteiger partial charge >= 0.3 is 0 Å². The molecule has 2 amide bonds. The van der Waals surface area contributed by atoms with E-state index in [9.17, 15) is 9.59 Å². The van der Waals surface area contributed by atoms with E-state index in [4.69, 9.17) is 4.42 Å². The Bertz CT molecular complexity index is 710. The summed E-state index contributed by atoms with van der Waals surface area (Å²) in [6.07, 6.45) is 1.61. The van der Waals surface area contributed by atoms with Gasteiger partial charge in [0.15, 0.2) is 0 Å². The highest BCUT2D eigenvalue weighted by Crippen LogP contribution is 2.22. The van der Waals surface area contributed by atoms with Crippen LogP contribution in [0.1, 0.15) is 42.9 Å². The molecule has 0 bridgehead atoms. The first-order chi connectivity index (χ1) is 12.1. The molecule has 1 heterocycles. The first-order valence-corrected chi connectivity index (χ1v) is 8.65. The minimum Gasteiger partial charge on any atom is -0.431 e. The van der Waals surface area contributed by atoms with E-state index in [0.717, 1.165) is 18.4 Å². The molecule has 1 N–H and O–H groups in total. The Morgan fingerprint density at radius 1 is 1.16 bits per heavy atom. The first kappa shape index (κ1) is 18.7. The zero-order valence-corrected chi connectivity index (χ0v) is 15.0. The molecule has 25 heavy (non-hydrogen) atoms. The van der Waals surface area contributed by atoms with Crippen molar-refractivity contribution in [1.82, 2.24) is 15.2 Å².